The van der Waals surface area contributed by atoms with E-state index in [1.54, 1.807) is 70.5 Å². The summed E-state index contributed by atoms with van der Waals surface area (Å²) in [5.74, 6) is 6.85. The van der Waals surface area contributed by atoms with Crippen molar-refractivity contribution < 1.29 is 56.4 Å². The maximum atomic E-state index is 13.5. The Morgan fingerprint density at radius 1 is 0.609 bits per heavy atom. The van der Waals surface area contributed by atoms with E-state index >= 15 is 0 Å². The number of H-pyrrole nitrogens is 1. The minimum atomic E-state index is -3.13. The molecule has 0 aliphatic carbocycles. The van der Waals surface area contributed by atoms with Gasteiger partial charge in [0.25, 0.3) is 30.7 Å². The lowest BCUT2D eigenvalue weighted by Crippen LogP contribution is -2.53. The summed E-state index contributed by atoms with van der Waals surface area (Å²) in [6, 6.07) is 36.7. The minimum absolute atomic E-state index is 0.0456. The smallest absolute Gasteiger partial charge is 0.318 e. The number of hydroxylamine groups is 4. The Hall–Kier alpha value is -8.15. The first-order valence-electron chi connectivity index (χ1n) is 27.4. The van der Waals surface area contributed by atoms with Gasteiger partial charge in [-0.05, 0) is 97.8 Å². The van der Waals surface area contributed by atoms with Crippen molar-refractivity contribution in [2.45, 2.75) is 39.0 Å². The third-order valence-corrected chi connectivity index (χ3v) is 18.0. The largest absolute Gasteiger partial charge is 0.360 e. The van der Waals surface area contributed by atoms with Crippen molar-refractivity contribution in [3.63, 3.8) is 0 Å². The maximum Gasteiger partial charge on any atom is 0.318 e. The molecule has 2 fully saturated rings. The van der Waals surface area contributed by atoms with E-state index in [-0.39, 0.29) is 67.8 Å². The Labute approximate surface area is 510 Å². The minimum Gasteiger partial charge on any atom is -0.360 e. The van der Waals surface area contributed by atoms with Crippen molar-refractivity contribution in [1.82, 2.24) is 39.4 Å². The van der Waals surface area contributed by atoms with Crippen molar-refractivity contribution in [1.29, 1.82) is 0 Å². The van der Waals surface area contributed by atoms with Gasteiger partial charge >= 0.3 is 11.8 Å². The number of nitrogen functional groups attached to an aromatic ring is 1. The summed E-state index contributed by atoms with van der Waals surface area (Å²) in [6.45, 7) is 8.75. The number of fused-ring (bicyclic) bond motifs is 2. The predicted molar refractivity (Wildman–Crippen MR) is 328 cm³/mol. The van der Waals surface area contributed by atoms with Crippen LogP contribution in [0.5, 0.6) is 0 Å². The van der Waals surface area contributed by atoms with Gasteiger partial charge in [-0.15, -0.1) is 0 Å². The van der Waals surface area contributed by atoms with E-state index < -0.39 is 30.7 Å². The van der Waals surface area contributed by atoms with Crippen LogP contribution in [0, 0.1) is 11.6 Å². The molecular formula is C62H65Cl2F2N10O10P. The zero-order valence-corrected chi connectivity index (χ0v) is 50.9. The number of benzene rings is 6. The van der Waals surface area contributed by atoms with E-state index in [9.17, 15) is 42.1 Å². The standard InChI is InChI=1S/C25H27ClFN5O4.C25H26ClFN4O4.C12H12NO2P/c1-15-12-30(13-16-4-6-17(27)7-5-16)8-9-31(15)24(34)19-10-18-20(23(33)25(35)29(2)36-3)14-32(28)22(18)11-21(19)26;1-15-13-30(14-16-4-6-17(27)7-5-16)8-9-31(15)24(33)19-10-18-20(12-28-22(18)11-21(19)26)23(32)25(34)29(2)35-3;13-15-16(14,11-7-3-1-4-8-11)12-9-5-2-6-10-12/h4-7,10-11,14-15H,8-9,12-13,28H2,1-3H3;4-7,10-12,15,28H,8-9,13-14H2,1-3H3;1-10H,13H2/t2*15-;/m11./s1. The van der Waals surface area contributed by atoms with Gasteiger partial charge in [-0.25, -0.2) is 29.4 Å². The lowest BCUT2D eigenvalue weighted by molar-refractivity contribution is -0.162. The summed E-state index contributed by atoms with van der Waals surface area (Å²) in [4.78, 5) is 97.6. The van der Waals surface area contributed by atoms with E-state index in [0.29, 0.717) is 84.8 Å². The van der Waals surface area contributed by atoms with Crippen molar-refractivity contribution in [2.24, 2.45) is 5.90 Å². The van der Waals surface area contributed by atoms with Crippen LogP contribution in [0.15, 0.2) is 146 Å². The first-order chi connectivity index (χ1) is 41.6. The van der Waals surface area contributed by atoms with Gasteiger partial charge in [0.1, 0.15) is 11.6 Å². The molecule has 8 aromatic rings. The van der Waals surface area contributed by atoms with Crippen molar-refractivity contribution in [3.8, 4) is 0 Å². The summed E-state index contributed by atoms with van der Waals surface area (Å²) >= 11 is 12.9. The number of piperazine rings is 2. The Balaban J connectivity index is 0.000000181. The fourth-order valence-corrected chi connectivity index (χ4v) is 12.4. The normalized spacial score (nSPS) is 15.5. The SMILES string of the molecule is CON(C)C(=O)C(=O)c1c[nH]c2cc(Cl)c(C(=O)N3CCN(Cc4ccc(F)cc4)C[C@H]3C)cc12.CON(C)C(=O)C(=O)c1cn(N)c2cc(Cl)c(C(=O)N3CCN(Cc4ccc(F)cc4)C[C@H]3C)cc12.NOP(=O)(c1ccccc1)c1ccccc1. The number of likely N-dealkylation sites (N-methyl/N-ethyl adjacent to an activating group) is 2. The van der Waals surface area contributed by atoms with Crippen LogP contribution in [0.25, 0.3) is 21.8 Å². The highest BCUT2D eigenvalue weighted by molar-refractivity contribution is 7.74. The highest BCUT2D eigenvalue weighted by atomic mass is 35.5. The number of hydrogen-bond acceptors (Lipinski definition) is 14. The molecule has 4 heterocycles. The Morgan fingerprint density at radius 3 is 1.46 bits per heavy atom. The van der Waals surface area contributed by atoms with Crippen LogP contribution < -0.4 is 22.3 Å². The number of ketones is 2. The van der Waals surface area contributed by atoms with Crippen LogP contribution >= 0.6 is 30.6 Å². The summed E-state index contributed by atoms with van der Waals surface area (Å²) in [5.41, 5.74) is 3.61. The molecule has 10 rings (SSSR count). The first kappa shape index (κ1) is 64.8. The lowest BCUT2D eigenvalue weighted by Gasteiger charge is -2.40. The number of rotatable bonds is 15. The summed E-state index contributed by atoms with van der Waals surface area (Å²) in [6.07, 6.45) is 2.76. The average Bonchev–Trinajstić information content (AvgIpc) is 1.91. The predicted octanol–water partition coefficient (Wildman–Crippen LogP) is 8.01. The molecule has 456 valence electrons. The molecule has 0 saturated carbocycles. The number of hydrogen-bond donors (Lipinski definition) is 3. The van der Waals surface area contributed by atoms with Gasteiger partial charge < -0.3 is 20.6 Å². The number of aromatic amines is 1. The summed E-state index contributed by atoms with van der Waals surface area (Å²) < 4.78 is 45.0. The van der Waals surface area contributed by atoms with E-state index in [0.717, 1.165) is 21.3 Å². The number of nitrogens with one attached hydrogen (secondary N) is 1. The summed E-state index contributed by atoms with van der Waals surface area (Å²) in [5, 5.41) is 4.08. The summed E-state index contributed by atoms with van der Waals surface area (Å²) in [7, 11) is 2.10. The fraction of sp³-hybridized carbons (Fsp3) is 0.258. The van der Waals surface area contributed by atoms with Gasteiger partial charge in [-0.1, -0.05) is 83.9 Å². The zero-order valence-electron chi connectivity index (χ0n) is 48.5. The average molecular weight is 1250 g/mol. The van der Waals surface area contributed by atoms with E-state index in [4.69, 9.17) is 49.2 Å². The van der Waals surface area contributed by atoms with Crippen molar-refractivity contribution >= 4 is 98.2 Å². The zero-order chi connectivity index (χ0) is 62.9. The quantitative estimate of drug-likeness (QED) is 0.0290. The van der Waals surface area contributed by atoms with Crippen LogP contribution in [0.2, 0.25) is 10.0 Å². The maximum absolute atomic E-state index is 13.5. The highest BCUT2D eigenvalue weighted by Crippen LogP contribution is 2.42. The van der Waals surface area contributed by atoms with Gasteiger partial charge in [0, 0.05) is 118 Å². The van der Waals surface area contributed by atoms with E-state index in [1.807, 2.05) is 50.2 Å². The molecule has 20 nitrogen and oxygen atoms in total. The van der Waals surface area contributed by atoms with Crippen LogP contribution in [0.4, 0.5) is 8.78 Å². The topological polar surface area (TPSA) is 239 Å². The van der Waals surface area contributed by atoms with Gasteiger partial charge in [0.05, 0.1) is 52.0 Å². The molecule has 0 unspecified atom stereocenters. The number of nitrogens with zero attached hydrogens (tertiary/aromatic N) is 7. The third kappa shape index (κ3) is 14.8. The number of amides is 4. The number of Topliss-reactive ketones (excluding diaryl/α,β-unsaturated/α-hetero) is 2. The number of carbonyl (C=O) groups excluding carboxylic acids is 6. The first-order valence-corrected chi connectivity index (χ1v) is 29.7. The molecular weight excluding hydrogens is 1180 g/mol. The fourth-order valence-electron chi connectivity index (χ4n) is 10.3. The second kappa shape index (κ2) is 28.6. The molecule has 2 aliphatic heterocycles. The second-order valence-corrected chi connectivity index (χ2v) is 23.9. The lowest BCUT2D eigenvalue weighted by atomic mass is 10.0. The van der Waals surface area contributed by atoms with Crippen LogP contribution in [0.1, 0.15) is 66.4 Å². The molecule has 5 N–H and O–H groups in total. The van der Waals surface area contributed by atoms with Gasteiger partial charge in [0.15, 0.2) is 0 Å². The Bertz CT molecular complexity index is 3820. The molecule has 2 aromatic heterocycles. The Kier molecular flexibility index (Phi) is 21.3. The molecule has 0 spiro atoms. The second-order valence-electron chi connectivity index (χ2n) is 20.8. The highest BCUT2D eigenvalue weighted by Gasteiger charge is 2.34. The molecule has 25 heteroatoms. The van der Waals surface area contributed by atoms with Crippen molar-refractivity contribution in [2.75, 3.05) is 73.4 Å². The number of carbonyl (C=O) groups is 6. The van der Waals surface area contributed by atoms with Crippen LogP contribution in [-0.2, 0) is 41.5 Å². The van der Waals surface area contributed by atoms with Gasteiger partial charge in [-0.2, -0.15) is 0 Å². The molecule has 87 heavy (non-hydrogen) atoms. The van der Waals surface area contributed by atoms with Crippen LogP contribution in [-0.4, -0.2) is 154 Å². The number of aromatic nitrogens is 2. The van der Waals surface area contributed by atoms with E-state index in [2.05, 4.69) is 14.8 Å². The molecule has 2 aliphatic rings. The monoisotopic (exact) mass is 1250 g/mol. The van der Waals surface area contributed by atoms with Gasteiger partial charge in [0.2, 0.25) is 0 Å². The molecule has 2 atom stereocenters. The molecule has 0 radical (unpaired) electrons. The van der Waals surface area contributed by atoms with Gasteiger partial charge in [-0.3, -0.25) is 57.5 Å². The van der Waals surface area contributed by atoms with Crippen molar-refractivity contribution in [3.05, 3.63) is 201 Å². The Morgan fingerprint density at radius 2 is 1.03 bits per heavy atom. The number of halogens is 4. The van der Waals surface area contributed by atoms with E-state index in [1.165, 1.54) is 81.8 Å². The molecule has 6 aromatic carbocycles. The van der Waals surface area contributed by atoms with Crippen LogP contribution in [0.3, 0.4) is 0 Å². The third-order valence-electron chi connectivity index (χ3n) is 15.1. The molecule has 2 saturated heterocycles. The number of nitrogens with two attached hydrogens (primary N) is 2. The molecule has 4 amide bonds. The molecule has 0 bridgehead atoms.